The van der Waals surface area contributed by atoms with Crippen molar-refractivity contribution in [2.24, 2.45) is 0 Å². The second kappa shape index (κ2) is 6.01. The number of rotatable bonds is 4. The SMILES string of the molecule is Cc1ccc(Cc2ccccc2OC2CCCC3(CC3)O2)cc1. The van der Waals surface area contributed by atoms with Gasteiger partial charge in [-0.2, -0.15) is 0 Å². The zero-order valence-corrected chi connectivity index (χ0v) is 13.8. The van der Waals surface area contributed by atoms with Crippen LogP contribution in [0.15, 0.2) is 48.5 Å². The van der Waals surface area contributed by atoms with Gasteiger partial charge in [0.2, 0.25) is 0 Å². The number of ether oxygens (including phenoxy) is 2. The van der Waals surface area contributed by atoms with E-state index in [0.717, 1.165) is 18.6 Å². The zero-order valence-electron chi connectivity index (χ0n) is 13.8. The van der Waals surface area contributed by atoms with E-state index < -0.39 is 0 Å². The second-order valence-corrected chi connectivity index (χ2v) is 7.01. The van der Waals surface area contributed by atoms with Crippen molar-refractivity contribution in [1.29, 1.82) is 0 Å². The van der Waals surface area contributed by atoms with Crippen LogP contribution in [0.4, 0.5) is 0 Å². The van der Waals surface area contributed by atoms with Gasteiger partial charge in [-0.15, -0.1) is 0 Å². The summed E-state index contributed by atoms with van der Waals surface area (Å²) in [6, 6.07) is 17.1. The third-order valence-corrected chi connectivity index (χ3v) is 5.01. The molecule has 0 N–H and O–H groups in total. The molecule has 1 atom stereocenters. The van der Waals surface area contributed by atoms with Gasteiger partial charge in [0, 0.05) is 12.8 Å². The summed E-state index contributed by atoms with van der Waals surface area (Å²) in [6.45, 7) is 2.12. The van der Waals surface area contributed by atoms with Crippen molar-refractivity contribution in [3.63, 3.8) is 0 Å². The molecule has 0 bridgehead atoms. The maximum atomic E-state index is 6.24. The van der Waals surface area contributed by atoms with Gasteiger partial charge in [0.1, 0.15) is 5.75 Å². The third kappa shape index (κ3) is 3.42. The average Bonchev–Trinajstić information content (AvgIpc) is 3.30. The van der Waals surface area contributed by atoms with Crippen molar-refractivity contribution in [3.05, 3.63) is 65.2 Å². The van der Waals surface area contributed by atoms with Crippen molar-refractivity contribution >= 4 is 0 Å². The lowest BCUT2D eigenvalue weighted by Gasteiger charge is -2.31. The molecule has 2 heteroatoms. The Morgan fingerprint density at radius 1 is 1.04 bits per heavy atom. The van der Waals surface area contributed by atoms with Gasteiger partial charge in [-0.05, 0) is 49.8 Å². The molecule has 1 spiro atoms. The number of benzene rings is 2. The number of aryl methyl sites for hydroxylation is 1. The molecule has 23 heavy (non-hydrogen) atoms. The van der Waals surface area contributed by atoms with Crippen molar-refractivity contribution < 1.29 is 9.47 Å². The summed E-state index contributed by atoms with van der Waals surface area (Å²) in [7, 11) is 0. The zero-order chi connectivity index (χ0) is 15.7. The van der Waals surface area contributed by atoms with Crippen LogP contribution in [0.3, 0.4) is 0 Å². The molecule has 120 valence electrons. The monoisotopic (exact) mass is 308 g/mol. The minimum Gasteiger partial charge on any atom is -0.465 e. The van der Waals surface area contributed by atoms with Crippen LogP contribution < -0.4 is 4.74 Å². The average molecular weight is 308 g/mol. The van der Waals surface area contributed by atoms with E-state index in [0.29, 0.717) is 0 Å². The Bertz CT molecular complexity index is 670. The smallest absolute Gasteiger partial charge is 0.200 e. The molecule has 2 aliphatic rings. The first-order valence-corrected chi connectivity index (χ1v) is 8.70. The van der Waals surface area contributed by atoms with Gasteiger partial charge in [0.05, 0.1) is 5.60 Å². The predicted molar refractivity (Wildman–Crippen MR) is 91.7 cm³/mol. The Hall–Kier alpha value is -1.80. The van der Waals surface area contributed by atoms with E-state index in [4.69, 9.17) is 9.47 Å². The van der Waals surface area contributed by atoms with Gasteiger partial charge in [-0.3, -0.25) is 0 Å². The van der Waals surface area contributed by atoms with Gasteiger partial charge in [-0.25, -0.2) is 0 Å². The molecule has 0 amide bonds. The first-order valence-electron chi connectivity index (χ1n) is 8.70. The number of hydrogen-bond acceptors (Lipinski definition) is 2. The summed E-state index contributed by atoms with van der Waals surface area (Å²) < 4.78 is 12.4. The molecule has 1 saturated carbocycles. The van der Waals surface area contributed by atoms with Crippen LogP contribution in [-0.4, -0.2) is 11.9 Å². The van der Waals surface area contributed by atoms with Crippen molar-refractivity contribution in [2.45, 2.75) is 57.3 Å². The fourth-order valence-electron chi connectivity index (χ4n) is 3.41. The second-order valence-electron chi connectivity index (χ2n) is 7.01. The van der Waals surface area contributed by atoms with E-state index in [-0.39, 0.29) is 11.9 Å². The number of para-hydroxylation sites is 1. The molecule has 2 nitrogen and oxygen atoms in total. The quantitative estimate of drug-likeness (QED) is 0.789. The van der Waals surface area contributed by atoms with Crippen LogP contribution in [-0.2, 0) is 11.2 Å². The highest BCUT2D eigenvalue weighted by molar-refractivity contribution is 5.38. The van der Waals surface area contributed by atoms with E-state index in [1.54, 1.807) is 0 Å². The van der Waals surface area contributed by atoms with Crippen molar-refractivity contribution in [3.8, 4) is 5.75 Å². The van der Waals surface area contributed by atoms with E-state index in [9.17, 15) is 0 Å². The standard InChI is InChI=1S/C21H24O2/c1-16-8-10-17(11-9-16)15-18-5-2-3-6-19(18)22-20-7-4-12-21(23-20)13-14-21/h2-3,5-6,8-11,20H,4,7,12-15H2,1H3. The number of hydrogen-bond donors (Lipinski definition) is 0. The summed E-state index contributed by atoms with van der Waals surface area (Å²) in [5.41, 5.74) is 4.00. The Kier molecular flexibility index (Phi) is 3.86. The molecule has 2 fully saturated rings. The molecule has 1 aliphatic heterocycles. The summed E-state index contributed by atoms with van der Waals surface area (Å²) in [4.78, 5) is 0. The third-order valence-electron chi connectivity index (χ3n) is 5.01. The molecule has 1 aliphatic carbocycles. The lowest BCUT2D eigenvalue weighted by molar-refractivity contribution is -0.160. The van der Waals surface area contributed by atoms with E-state index >= 15 is 0 Å². The first kappa shape index (κ1) is 14.8. The largest absolute Gasteiger partial charge is 0.465 e. The highest BCUT2D eigenvalue weighted by Crippen LogP contribution is 2.48. The highest BCUT2D eigenvalue weighted by atomic mass is 16.7. The summed E-state index contributed by atoms with van der Waals surface area (Å²) in [5, 5.41) is 0. The van der Waals surface area contributed by atoms with Gasteiger partial charge < -0.3 is 9.47 Å². The van der Waals surface area contributed by atoms with E-state index in [2.05, 4.69) is 49.4 Å². The van der Waals surface area contributed by atoms with Gasteiger partial charge >= 0.3 is 0 Å². The van der Waals surface area contributed by atoms with E-state index in [1.165, 1.54) is 42.4 Å². The molecule has 1 saturated heterocycles. The molecule has 1 unspecified atom stereocenters. The van der Waals surface area contributed by atoms with Crippen molar-refractivity contribution in [1.82, 2.24) is 0 Å². The van der Waals surface area contributed by atoms with Gasteiger partial charge in [-0.1, -0.05) is 48.0 Å². The molecule has 1 heterocycles. The normalized spacial score (nSPS) is 22.0. The minimum absolute atomic E-state index is 0.0783. The first-order chi connectivity index (χ1) is 11.2. The molecule has 2 aromatic rings. The summed E-state index contributed by atoms with van der Waals surface area (Å²) in [6.07, 6.45) is 6.65. The Morgan fingerprint density at radius 2 is 1.83 bits per heavy atom. The maximum Gasteiger partial charge on any atom is 0.200 e. The molecule has 2 aromatic carbocycles. The molecular weight excluding hydrogens is 284 g/mol. The molecule has 4 rings (SSSR count). The van der Waals surface area contributed by atoms with E-state index in [1.807, 2.05) is 6.07 Å². The van der Waals surface area contributed by atoms with Crippen LogP contribution in [0.1, 0.15) is 48.8 Å². The Balaban J connectivity index is 1.49. The fourth-order valence-corrected chi connectivity index (χ4v) is 3.41. The van der Waals surface area contributed by atoms with Crippen LogP contribution in [0.25, 0.3) is 0 Å². The fraction of sp³-hybridized carbons (Fsp3) is 0.429. The van der Waals surface area contributed by atoms with Crippen LogP contribution in [0.2, 0.25) is 0 Å². The minimum atomic E-state index is -0.0783. The molecular formula is C21H24O2. The van der Waals surface area contributed by atoms with Gasteiger partial charge in [0.15, 0.2) is 6.29 Å². The predicted octanol–water partition coefficient (Wildman–Crippen LogP) is 5.02. The Morgan fingerprint density at radius 3 is 2.61 bits per heavy atom. The van der Waals surface area contributed by atoms with Crippen LogP contribution in [0.5, 0.6) is 5.75 Å². The van der Waals surface area contributed by atoms with Crippen molar-refractivity contribution in [2.75, 3.05) is 0 Å². The van der Waals surface area contributed by atoms with Gasteiger partial charge in [0.25, 0.3) is 0 Å². The molecule has 0 radical (unpaired) electrons. The topological polar surface area (TPSA) is 18.5 Å². The lowest BCUT2D eigenvalue weighted by Crippen LogP contribution is -2.33. The van der Waals surface area contributed by atoms with Crippen LogP contribution >= 0.6 is 0 Å². The maximum absolute atomic E-state index is 6.24. The summed E-state index contributed by atoms with van der Waals surface area (Å²) >= 11 is 0. The summed E-state index contributed by atoms with van der Waals surface area (Å²) in [5.74, 6) is 0.968. The highest BCUT2D eigenvalue weighted by Gasteiger charge is 2.48. The Labute approximate surface area is 138 Å². The lowest BCUT2D eigenvalue weighted by atomic mass is 10.0. The molecule has 0 aromatic heterocycles. The van der Waals surface area contributed by atoms with Crippen LogP contribution in [0, 0.1) is 6.92 Å².